The van der Waals surface area contributed by atoms with Crippen molar-refractivity contribution in [1.82, 2.24) is 19.6 Å². The van der Waals surface area contributed by atoms with Crippen LogP contribution in [0.1, 0.15) is 113 Å². The number of hydrogen-bond donors (Lipinski definition) is 0. The zero-order chi connectivity index (χ0) is 72.5. The molecule has 0 N–H and O–H groups in total. The number of benzene rings is 8. The molecule has 0 radical (unpaired) electrons. The van der Waals surface area contributed by atoms with E-state index < -0.39 is 193 Å². The second-order valence-electron chi connectivity index (χ2n) is 24.2. The van der Waals surface area contributed by atoms with Crippen molar-refractivity contribution in [2.24, 2.45) is 0 Å². The van der Waals surface area contributed by atoms with Gasteiger partial charge < -0.3 is 24.8 Å². The fourth-order valence-electron chi connectivity index (χ4n) is 13.3. The maximum atomic E-state index is 14.8. The summed E-state index contributed by atoms with van der Waals surface area (Å²) >= 11 is 0. The van der Waals surface area contributed by atoms with Gasteiger partial charge >= 0.3 is 61.3 Å². The number of piperazine rings is 1. The summed E-state index contributed by atoms with van der Waals surface area (Å²) in [6.45, 7) is -5.66. The van der Waals surface area contributed by atoms with Gasteiger partial charge in [-0.15, -0.1) is 0 Å². The lowest BCUT2D eigenvalue weighted by Gasteiger charge is -2.30. The number of rotatable bonds is 12. The van der Waals surface area contributed by atoms with Gasteiger partial charge in [0.2, 0.25) is 0 Å². The Labute approximate surface area is 577 Å². The van der Waals surface area contributed by atoms with Crippen molar-refractivity contribution in [2.45, 2.75) is 99.8 Å². The maximum absolute atomic E-state index is 14.8. The number of halogens is 26. The van der Waals surface area contributed by atoms with E-state index in [9.17, 15) is 105 Å². The summed E-state index contributed by atoms with van der Waals surface area (Å²) in [5.74, 6) is -0.470. The highest BCUT2D eigenvalue weighted by Gasteiger charge is 2.57. The molecule has 3 heterocycles. The Morgan fingerprint density at radius 2 is 0.382 bits per heavy atom. The molecule has 0 bridgehead atoms. The highest BCUT2D eigenvalue weighted by molar-refractivity contribution is 5.81. The van der Waals surface area contributed by atoms with Gasteiger partial charge in [-0.2, -0.15) is 105 Å². The highest BCUT2D eigenvalue weighted by Crippen LogP contribution is 2.51. The second-order valence-corrected chi connectivity index (χ2v) is 24.2. The van der Waals surface area contributed by atoms with Gasteiger partial charge in [0.25, 0.3) is 0 Å². The summed E-state index contributed by atoms with van der Waals surface area (Å²) in [7, 11) is 0. The van der Waals surface area contributed by atoms with E-state index in [1.807, 2.05) is 0 Å². The predicted molar refractivity (Wildman–Crippen MR) is 315 cm³/mol. The van der Waals surface area contributed by atoms with E-state index in [-0.39, 0.29) is 83.3 Å². The molecular weight excluding hydrogens is 1450 g/mol. The summed E-state index contributed by atoms with van der Waals surface area (Å²) in [4.78, 5) is 5.30. The van der Waals surface area contributed by atoms with Gasteiger partial charge in [-0.1, -0.05) is 121 Å². The lowest BCUT2D eigenvalue weighted by molar-refractivity contribution is -0.671. The van der Waals surface area contributed by atoms with Crippen LogP contribution >= 0.6 is 0 Å². The van der Waals surface area contributed by atoms with Crippen LogP contribution in [0, 0.1) is 0 Å². The average Bonchev–Trinajstić information content (AvgIpc) is 1.58. The molecule has 8 aromatic carbocycles. The molecule has 0 amide bonds. The Kier molecular flexibility index (Phi) is 21.8. The van der Waals surface area contributed by atoms with Crippen LogP contribution in [-0.4, -0.2) is 66.8 Å². The van der Waals surface area contributed by atoms with Crippen molar-refractivity contribution in [1.29, 1.82) is 0 Å². The van der Waals surface area contributed by atoms with Crippen LogP contribution in [0.4, 0.5) is 105 Å². The maximum Gasteiger partial charge on any atom is 0.416 e. The Morgan fingerprint density at radius 3 is 0.520 bits per heavy atom. The molecule has 102 heavy (non-hydrogen) atoms. The number of alkyl halides is 24. The van der Waals surface area contributed by atoms with E-state index in [0.29, 0.717) is 48.5 Å². The van der Waals surface area contributed by atoms with Gasteiger partial charge in [0.1, 0.15) is 24.2 Å². The first-order chi connectivity index (χ1) is 46.6. The van der Waals surface area contributed by atoms with Crippen LogP contribution < -0.4 is 24.8 Å². The monoisotopic (exact) mass is 1500 g/mol. The molecule has 8 aromatic rings. The molecule has 32 heteroatoms. The summed E-state index contributed by atoms with van der Waals surface area (Å²) in [5, 5.41) is 0. The van der Waals surface area contributed by atoms with E-state index in [1.54, 1.807) is 0 Å². The number of nitrogens with zero attached hydrogens (tertiary/aromatic N) is 6. The molecule has 3 aliphatic heterocycles. The number of hydrogen-bond acceptors (Lipinski definition) is 0. The molecule has 0 saturated carbocycles. The zero-order valence-corrected chi connectivity index (χ0v) is 53.5. The van der Waals surface area contributed by atoms with Crippen molar-refractivity contribution >= 4 is 11.9 Å². The summed E-state index contributed by atoms with van der Waals surface area (Å²) < 4.78 is 358. The lowest BCUT2D eigenvalue weighted by Crippen LogP contribution is -3.00. The van der Waals surface area contributed by atoms with Crippen LogP contribution in [0.2, 0.25) is 0 Å². The molecule has 4 unspecified atom stereocenters. The Hall–Kier alpha value is -8.80. The first kappa shape index (κ1) is 77.4. The van der Waals surface area contributed by atoms with Crippen molar-refractivity contribution < 1.29 is 139 Å². The van der Waals surface area contributed by atoms with E-state index >= 15 is 0 Å². The van der Waals surface area contributed by atoms with Crippen LogP contribution in [0.15, 0.2) is 194 Å². The van der Waals surface area contributed by atoms with Gasteiger partial charge in [-0.25, -0.2) is 19.6 Å². The topological polar surface area (TPSA) is 19.0 Å². The largest absolute Gasteiger partial charge is 1.00 e. The Bertz CT molecular complexity index is 3650. The Balaban J connectivity index is 0.00000605. The van der Waals surface area contributed by atoms with Crippen molar-refractivity contribution in [2.75, 3.05) is 26.2 Å². The van der Waals surface area contributed by atoms with Crippen molar-refractivity contribution in [3.63, 3.8) is 0 Å². The summed E-state index contributed by atoms with van der Waals surface area (Å²) in [6, 6.07) is 27.6. The average molecular weight is 1500 g/mol. The molecule has 3 fully saturated rings. The molecule has 3 saturated heterocycles. The van der Waals surface area contributed by atoms with E-state index in [0.717, 1.165) is 0 Å². The SMILES string of the molecule is FC(F)(F)c1cc(CN2C(=[N+]3CC[N+](=C4N(Cc5cc(C(F)(F)F)cc(C(F)(F)F)c5)C(c5ccccc5)C(c5ccccc5)N4Cc4cc(C(F)(F)F)cc(C(F)(F)F)c4)CC3)N(Cc3cc(C(F)(F)F)cc(C(F)(F)F)c3)C(c3ccccc3)C2c2ccccc2)cc(C(F)(F)F)c1.[Cl-].[Cl-]. The molecule has 0 aliphatic carbocycles. The van der Waals surface area contributed by atoms with E-state index in [1.165, 1.54) is 150 Å². The minimum atomic E-state index is -5.43. The van der Waals surface area contributed by atoms with Crippen molar-refractivity contribution in [3.05, 3.63) is 283 Å². The van der Waals surface area contributed by atoms with Crippen LogP contribution in [0.3, 0.4) is 0 Å². The minimum Gasteiger partial charge on any atom is -1.00 e. The first-order valence-electron chi connectivity index (χ1n) is 30.2. The third-order valence-corrected chi connectivity index (χ3v) is 17.4. The zero-order valence-electron chi connectivity index (χ0n) is 52.0. The summed E-state index contributed by atoms with van der Waals surface area (Å²) in [6.07, 6.45) is -43.4. The standard InChI is InChI=1S/C70H52F24N6.2ClH/c71-63(72,73)49-25-41(26-50(33-49)64(74,75)76)37-97-57(45-13-5-1-6-14-45)58(46-15-7-2-8-16-46)98(38-42-27-51(65(77,78)79)34-52(28-42)66(80,81)82)61(97)95-21-23-96(24-22-95)62-99(39-43-29-53(67(83,84)85)35-54(30-43)68(86,87)88)59(47-17-9-3-10-18-47)60(48-19-11-4-12-20-48)100(62)40-44-31-55(69(89,90)91)36-56(32-44)70(92,93)94;;/h1-20,25-36,57-60H,21-24,37-40H2;2*1H/q+2;;/p-2. The van der Waals surface area contributed by atoms with E-state index in [2.05, 4.69) is 0 Å². The summed E-state index contributed by atoms with van der Waals surface area (Å²) in [5.41, 5.74) is -15.8. The van der Waals surface area contributed by atoms with Crippen LogP contribution in [0.25, 0.3) is 0 Å². The van der Waals surface area contributed by atoms with Crippen molar-refractivity contribution in [3.8, 4) is 0 Å². The molecule has 0 aromatic heterocycles. The van der Waals surface area contributed by atoms with E-state index in [4.69, 9.17) is 0 Å². The molecular formula is C70H52Cl2F24N6. The molecule has 544 valence electrons. The van der Waals surface area contributed by atoms with Gasteiger partial charge in [0, 0.05) is 0 Å². The highest BCUT2D eigenvalue weighted by atomic mass is 35.5. The molecule has 4 atom stereocenters. The first-order valence-corrected chi connectivity index (χ1v) is 30.2. The van der Waals surface area contributed by atoms with Gasteiger partial charge in [0.05, 0.1) is 96.9 Å². The molecule has 0 spiro atoms. The third kappa shape index (κ3) is 17.0. The van der Waals surface area contributed by atoms with Gasteiger partial charge in [-0.3, -0.25) is 9.15 Å². The third-order valence-electron chi connectivity index (χ3n) is 17.4. The van der Waals surface area contributed by atoms with Crippen LogP contribution in [0.5, 0.6) is 0 Å². The lowest BCUT2D eigenvalue weighted by atomic mass is 9.92. The Morgan fingerprint density at radius 1 is 0.235 bits per heavy atom. The van der Waals surface area contributed by atoms with Gasteiger partial charge in [0.15, 0.2) is 0 Å². The molecule has 6 nitrogen and oxygen atoms in total. The number of guanidine groups is 2. The normalized spacial score (nSPS) is 18.3. The minimum absolute atomic E-state index is 0. The molecule has 11 rings (SSSR count). The fraction of sp³-hybridized carbons (Fsp3) is 0.286. The smallest absolute Gasteiger partial charge is 0.416 e. The molecule has 3 aliphatic rings. The quantitative estimate of drug-likeness (QED) is 0.0896. The van der Waals surface area contributed by atoms with Crippen LogP contribution in [-0.2, 0) is 75.6 Å². The predicted octanol–water partition coefficient (Wildman–Crippen LogP) is 13.9. The van der Waals surface area contributed by atoms with Gasteiger partial charge in [-0.05, 0) is 117 Å². The fourth-order valence-corrected chi connectivity index (χ4v) is 13.3. The second kappa shape index (κ2) is 28.8.